The molecule has 0 spiro atoms. The van der Waals surface area contributed by atoms with Gasteiger partial charge in [-0.25, -0.2) is 0 Å². The molecule has 0 bridgehead atoms. The largest absolute Gasteiger partial charge is 0.300 e. The van der Waals surface area contributed by atoms with Crippen molar-refractivity contribution >= 4 is 22.7 Å². The van der Waals surface area contributed by atoms with Crippen LogP contribution in [0.15, 0.2) is 65.6 Å². The molecule has 0 heterocycles. The van der Waals surface area contributed by atoms with Crippen LogP contribution in [-0.2, 0) is 9.59 Å². The summed E-state index contributed by atoms with van der Waals surface area (Å²) < 4.78 is 0. The number of hydrogen-bond donors (Lipinski definition) is 0. The van der Waals surface area contributed by atoms with E-state index in [1.54, 1.807) is 6.92 Å². The predicted octanol–water partition coefficient (Wildman–Crippen LogP) is 4.46. The Morgan fingerprint density at radius 2 is 1.48 bits per heavy atom. The lowest BCUT2D eigenvalue weighted by Gasteiger charge is -2.15. The van der Waals surface area contributed by atoms with Crippen LogP contribution in [0, 0.1) is 0 Å². The van der Waals surface area contributed by atoms with Crippen LogP contribution in [0.5, 0.6) is 0 Å². The summed E-state index contributed by atoms with van der Waals surface area (Å²) in [5.74, 6) is 0.0776. The second kappa shape index (κ2) is 7.79. The summed E-state index contributed by atoms with van der Waals surface area (Å²) in [5, 5.41) is 0.0938. The van der Waals surface area contributed by atoms with Crippen LogP contribution in [0.3, 0.4) is 0 Å². The maximum atomic E-state index is 12.2. The first-order valence-corrected chi connectivity index (χ1v) is 7.77. The monoisotopic (exact) mass is 298 g/mol. The first kappa shape index (κ1) is 15.5. The van der Waals surface area contributed by atoms with Gasteiger partial charge in [0.15, 0.2) is 5.12 Å². The SMILES string of the molecule is CC(=O)C[C@H](CC(=O)Sc1ccccc1)c1ccccc1. The van der Waals surface area contributed by atoms with E-state index >= 15 is 0 Å². The minimum atomic E-state index is -0.0348. The van der Waals surface area contributed by atoms with Crippen molar-refractivity contribution < 1.29 is 9.59 Å². The summed E-state index contributed by atoms with van der Waals surface area (Å²) in [6.07, 6.45) is 0.786. The molecule has 2 aromatic rings. The molecule has 2 aromatic carbocycles. The molecule has 1 atom stereocenters. The van der Waals surface area contributed by atoms with Crippen molar-refractivity contribution in [1.29, 1.82) is 0 Å². The second-order valence-corrected chi connectivity index (χ2v) is 6.14. The molecule has 0 aliphatic heterocycles. The molecule has 0 saturated heterocycles. The van der Waals surface area contributed by atoms with Gasteiger partial charge in [0.1, 0.15) is 5.78 Å². The number of ketones is 1. The van der Waals surface area contributed by atoms with Gasteiger partial charge < -0.3 is 4.79 Å². The summed E-state index contributed by atoms with van der Waals surface area (Å²) in [4.78, 5) is 24.6. The van der Waals surface area contributed by atoms with Crippen molar-refractivity contribution in [3.05, 3.63) is 66.2 Å². The van der Waals surface area contributed by atoms with E-state index in [4.69, 9.17) is 0 Å². The van der Waals surface area contributed by atoms with Gasteiger partial charge in [-0.2, -0.15) is 0 Å². The molecule has 21 heavy (non-hydrogen) atoms. The summed E-state index contributed by atoms with van der Waals surface area (Å²) in [7, 11) is 0. The Hall–Kier alpha value is -1.87. The highest BCUT2D eigenvalue weighted by molar-refractivity contribution is 8.13. The molecule has 0 amide bonds. The third-order valence-corrected chi connectivity index (χ3v) is 4.09. The molecule has 0 aromatic heterocycles. The van der Waals surface area contributed by atoms with Crippen molar-refractivity contribution in [3.63, 3.8) is 0 Å². The van der Waals surface area contributed by atoms with Crippen LogP contribution < -0.4 is 0 Å². The van der Waals surface area contributed by atoms with Crippen LogP contribution in [0.25, 0.3) is 0 Å². The summed E-state index contributed by atoms with van der Waals surface area (Å²) in [5.41, 5.74) is 1.05. The minimum absolute atomic E-state index is 0.0348. The van der Waals surface area contributed by atoms with Crippen molar-refractivity contribution in [3.8, 4) is 0 Å². The van der Waals surface area contributed by atoms with Crippen LogP contribution in [0.2, 0.25) is 0 Å². The molecule has 3 heteroatoms. The number of benzene rings is 2. The van der Waals surface area contributed by atoms with Gasteiger partial charge >= 0.3 is 0 Å². The third-order valence-electron chi connectivity index (χ3n) is 3.19. The fourth-order valence-electron chi connectivity index (χ4n) is 2.24. The molecule has 2 nitrogen and oxygen atoms in total. The second-order valence-electron chi connectivity index (χ2n) is 5.00. The van der Waals surface area contributed by atoms with Crippen LogP contribution in [-0.4, -0.2) is 10.9 Å². The van der Waals surface area contributed by atoms with Crippen molar-refractivity contribution in [2.45, 2.75) is 30.6 Å². The molecule has 0 aliphatic rings. The molecule has 0 saturated carbocycles. The highest BCUT2D eigenvalue weighted by Gasteiger charge is 2.18. The van der Waals surface area contributed by atoms with Gasteiger partial charge in [-0.05, 0) is 30.5 Å². The summed E-state index contributed by atoms with van der Waals surface area (Å²) in [6.45, 7) is 1.57. The molecule has 0 radical (unpaired) electrons. The molecule has 2 rings (SSSR count). The van der Waals surface area contributed by atoms with Gasteiger partial charge in [0.05, 0.1) is 0 Å². The zero-order valence-corrected chi connectivity index (χ0v) is 12.8. The first-order valence-electron chi connectivity index (χ1n) is 6.95. The van der Waals surface area contributed by atoms with Crippen LogP contribution in [0.1, 0.15) is 31.2 Å². The van der Waals surface area contributed by atoms with E-state index in [0.29, 0.717) is 12.8 Å². The standard InChI is InChI=1S/C18H18O2S/c1-14(19)12-16(15-8-4-2-5-9-15)13-18(20)21-17-10-6-3-7-11-17/h2-11,16H,12-13H2,1H3/t16-/m1/s1. The number of carbonyl (C=O) groups excluding carboxylic acids is 2. The first-order chi connectivity index (χ1) is 10.1. The van der Waals surface area contributed by atoms with Gasteiger partial charge in [0, 0.05) is 17.7 Å². The molecule has 0 unspecified atom stereocenters. The lowest BCUT2D eigenvalue weighted by Crippen LogP contribution is -2.08. The van der Waals surface area contributed by atoms with E-state index in [9.17, 15) is 9.59 Å². The van der Waals surface area contributed by atoms with E-state index in [2.05, 4.69) is 0 Å². The molecule has 0 aliphatic carbocycles. The average molecular weight is 298 g/mol. The summed E-state index contributed by atoms with van der Waals surface area (Å²) >= 11 is 1.24. The number of rotatable bonds is 6. The molecule has 108 valence electrons. The number of thioether (sulfide) groups is 1. The Morgan fingerprint density at radius 1 is 0.905 bits per heavy atom. The topological polar surface area (TPSA) is 34.1 Å². The van der Waals surface area contributed by atoms with E-state index in [1.807, 2.05) is 60.7 Å². The maximum Gasteiger partial charge on any atom is 0.194 e. The smallest absolute Gasteiger partial charge is 0.194 e. The molecular weight excluding hydrogens is 280 g/mol. The lowest BCUT2D eigenvalue weighted by molar-refractivity contribution is -0.117. The lowest BCUT2D eigenvalue weighted by atomic mass is 9.91. The van der Waals surface area contributed by atoms with Crippen LogP contribution >= 0.6 is 11.8 Å². The Bertz CT molecular complexity index is 593. The predicted molar refractivity (Wildman–Crippen MR) is 86.4 cm³/mol. The Kier molecular flexibility index (Phi) is 5.76. The van der Waals surface area contributed by atoms with Gasteiger partial charge in [0.25, 0.3) is 0 Å². The highest BCUT2D eigenvalue weighted by Crippen LogP contribution is 2.29. The maximum absolute atomic E-state index is 12.2. The van der Waals surface area contributed by atoms with Gasteiger partial charge in [-0.15, -0.1) is 0 Å². The number of hydrogen-bond acceptors (Lipinski definition) is 3. The van der Waals surface area contributed by atoms with Gasteiger partial charge in [-0.1, -0.05) is 60.3 Å². The Balaban J connectivity index is 2.05. The molecule has 0 N–H and O–H groups in total. The summed E-state index contributed by atoms with van der Waals surface area (Å²) in [6, 6.07) is 19.4. The minimum Gasteiger partial charge on any atom is -0.300 e. The van der Waals surface area contributed by atoms with E-state index < -0.39 is 0 Å². The zero-order valence-electron chi connectivity index (χ0n) is 12.0. The van der Waals surface area contributed by atoms with Crippen molar-refractivity contribution in [2.24, 2.45) is 0 Å². The third kappa shape index (κ3) is 5.20. The average Bonchev–Trinajstić information content (AvgIpc) is 2.48. The highest BCUT2D eigenvalue weighted by atomic mass is 32.2. The zero-order chi connectivity index (χ0) is 15.1. The van der Waals surface area contributed by atoms with E-state index in [1.165, 1.54) is 11.8 Å². The fourth-order valence-corrected chi connectivity index (χ4v) is 3.08. The molecule has 0 fully saturated rings. The number of carbonyl (C=O) groups is 2. The van der Waals surface area contributed by atoms with E-state index in [-0.39, 0.29) is 16.8 Å². The fraction of sp³-hybridized carbons (Fsp3) is 0.222. The molecular formula is C18H18O2S. The van der Waals surface area contributed by atoms with Crippen LogP contribution in [0.4, 0.5) is 0 Å². The van der Waals surface area contributed by atoms with E-state index in [0.717, 1.165) is 10.5 Å². The Morgan fingerprint density at radius 3 is 2.05 bits per heavy atom. The van der Waals surface area contributed by atoms with Crippen molar-refractivity contribution in [1.82, 2.24) is 0 Å². The van der Waals surface area contributed by atoms with Gasteiger partial charge in [0.2, 0.25) is 0 Å². The normalized spacial score (nSPS) is 11.9. The van der Waals surface area contributed by atoms with Gasteiger partial charge in [-0.3, -0.25) is 4.79 Å². The number of Topliss-reactive ketones (excluding diaryl/α,β-unsaturated/α-hetero) is 1. The van der Waals surface area contributed by atoms with Crippen molar-refractivity contribution in [2.75, 3.05) is 0 Å². The Labute approximate surface area is 129 Å². The quantitative estimate of drug-likeness (QED) is 0.738.